The zero-order valence-corrected chi connectivity index (χ0v) is 23.8. The van der Waals surface area contributed by atoms with Gasteiger partial charge in [0.1, 0.15) is 0 Å². The molecule has 0 aromatic heterocycles. The van der Waals surface area contributed by atoms with E-state index in [1.807, 2.05) is 0 Å². The quantitative estimate of drug-likeness (QED) is 0.0756. The maximum absolute atomic E-state index is 12.9. The van der Waals surface area contributed by atoms with E-state index in [9.17, 15) is 4.79 Å². The van der Waals surface area contributed by atoms with E-state index in [0.717, 1.165) is 58.9 Å². The molecule has 0 radical (unpaired) electrons. The Hall–Kier alpha value is -1.60. The minimum atomic E-state index is -0.473. The number of nitrogens with one attached hydrogen (secondary N) is 9. The first kappa shape index (κ1) is 32.6. The highest BCUT2D eigenvalue weighted by molar-refractivity contribution is 7.80. The Bertz CT molecular complexity index is 679. The van der Waals surface area contributed by atoms with Gasteiger partial charge in [0.05, 0.1) is 30.9 Å². The molecule has 2 bridgehead atoms. The van der Waals surface area contributed by atoms with Crippen LogP contribution in [0, 0.1) is 12.3 Å². The molecule has 3 aliphatic heterocycles. The number of ether oxygens (including phenoxy) is 2. The summed E-state index contributed by atoms with van der Waals surface area (Å²) in [4.78, 5) is 12.9. The lowest BCUT2D eigenvalue weighted by Crippen LogP contribution is -2.68. The van der Waals surface area contributed by atoms with E-state index >= 15 is 0 Å². The van der Waals surface area contributed by atoms with Crippen LogP contribution in [-0.4, -0.2) is 134 Å². The fourth-order valence-corrected chi connectivity index (χ4v) is 4.76. The fraction of sp³-hybridized carbons (Fsp3) is 0.840. The van der Waals surface area contributed by atoms with Crippen molar-refractivity contribution in [3.8, 4) is 12.3 Å². The van der Waals surface area contributed by atoms with Crippen molar-refractivity contribution in [1.82, 2.24) is 47.9 Å². The average Bonchev–Trinajstić information content (AvgIpc) is 2.89. The minimum Gasteiger partial charge on any atom is -0.382 e. The molecule has 0 aromatic rings. The van der Waals surface area contributed by atoms with Gasteiger partial charge in [-0.15, -0.1) is 12.3 Å². The van der Waals surface area contributed by atoms with Crippen molar-refractivity contribution in [1.29, 1.82) is 0 Å². The lowest BCUT2D eigenvalue weighted by molar-refractivity contribution is -0.124. The van der Waals surface area contributed by atoms with Crippen LogP contribution in [0.15, 0.2) is 0 Å². The second-order valence-electron chi connectivity index (χ2n) is 9.86. The second kappa shape index (κ2) is 19.5. The van der Waals surface area contributed by atoms with Crippen LogP contribution in [0.2, 0.25) is 0 Å². The van der Waals surface area contributed by atoms with Gasteiger partial charge in [-0.25, -0.2) is 0 Å². The van der Waals surface area contributed by atoms with E-state index in [2.05, 4.69) is 53.8 Å². The molecule has 9 N–H and O–H groups in total. The number of hydrogen-bond donors (Lipinski definition) is 9. The standard InChI is InChI=1S/C25H49N9O3S/c1-3-4-6-32-23(38)34-25-19-29-10-7-26-16-24(17-27-8-11-30-20-25,18-28-9-12-31-21-25)33-22(35)5-13-37-15-14-36-2/h1,26-31H,4-21H2,2H3,(H,33,35)(H2,32,34,38). The molecule has 13 heteroatoms. The summed E-state index contributed by atoms with van der Waals surface area (Å²) in [5.41, 5.74) is -0.795. The number of thiocarbonyl (C=S) groups is 1. The zero-order chi connectivity index (χ0) is 27.4. The van der Waals surface area contributed by atoms with Gasteiger partial charge in [-0.2, -0.15) is 0 Å². The van der Waals surface area contributed by atoms with Crippen LogP contribution in [0.1, 0.15) is 12.8 Å². The topological polar surface area (TPSA) is 144 Å². The molecule has 3 rings (SSSR count). The second-order valence-corrected chi connectivity index (χ2v) is 10.3. The molecule has 0 unspecified atom stereocenters. The summed E-state index contributed by atoms with van der Waals surface area (Å²) >= 11 is 5.59. The van der Waals surface area contributed by atoms with Crippen LogP contribution in [0.5, 0.6) is 0 Å². The van der Waals surface area contributed by atoms with Gasteiger partial charge in [0.25, 0.3) is 0 Å². The molecule has 0 saturated carbocycles. The summed E-state index contributed by atoms with van der Waals surface area (Å²) in [7, 11) is 1.63. The molecule has 0 aromatic carbocycles. The molecule has 0 spiro atoms. The summed E-state index contributed by atoms with van der Waals surface area (Å²) in [6.45, 7) is 10.7. The number of fused-ring (bicyclic) bond motifs is 15. The summed E-state index contributed by atoms with van der Waals surface area (Å²) in [5, 5.41) is 32.1. The smallest absolute Gasteiger partial charge is 0.222 e. The van der Waals surface area contributed by atoms with Gasteiger partial charge in [0.2, 0.25) is 5.91 Å². The van der Waals surface area contributed by atoms with E-state index in [0.29, 0.717) is 64.0 Å². The highest BCUT2D eigenvalue weighted by Gasteiger charge is 2.33. The van der Waals surface area contributed by atoms with E-state index in [-0.39, 0.29) is 11.4 Å². The number of carbonyl (C=O) groups is 1. The van der Waals surface area contributed by atoms with Crippen molar-refractivity contribution in [2.45, 2.75) is 23.9 Å². The van der Waals surface area contributed by atoms with Crippen LogP contribution < -0.4 is 47.9 Å². The SMILES string of the molecule is C#CCCNC(=S)NC12CNCCNCC(NC(=O)CCOCCOC)(CNCCNC1)CNCCNC2. The lowest BCUT2D eigenvalue weighted by Gasteiger charge is -2.39. The Morgan fingerprint density at radius 2 is 1.29 bits per heavy atom. The first-order valence-electron chi connectivity index (χ1n) is 13.6. The zero-order valence-electron chi connectivity index (χ0n) is 22.9. The van der Waals surface area contributed by atoms with Crippen molar-refractivity contribution in [3.05, 3.63) is 0 Å². The molecular formula is C25H49N9O3S. The van der Waals surface area contributed by atoms with Crippen LogP contribution in [0.25, 0.3) is 0 Å². The Morgan fingerprint density at radius 1 is 0.816 bits per heavy atom. The van der Waals surface area contributed by atoms with Crippen molar-refractivity contribution in [2.75, 3.05) is 112 Å². The largest absolute Gasteiger partial charge is 0.382 e. The van der Waals surface area contributed by atoms with Gasteiger partial charge in [0, 0.05) is 105 Å². The van der Waals surface area contributed by atoms with Gasteiger partial charge in [-0.1, -0.05) is 0 Å². The number of amides is 1. The highest BCUT2D eigenvalue weighted by atomic mass is 32.1. The number of terminal acetylenes is 1. The van der Waals surface area contributed by atoms with Crippen LogP contribution in [-0.2, 0) is 14.3 Å². The third kappa shape index (κ3) is 13.5. The van der Waals surface area contributed by atoms with Gasteiger partial charge in [0.15, 0.2) is 5.11 Å². The Morgan fingerprint density at radius 3 is 1.74 bits per heavy atom. The molecule has 38 heavy (non-hydrogen) atoms. The number of methoxy groups -OCH3 is 1. The van der Waals surface area contributed by atoms with E-state index < -0.39 is 5.54 Å². The Balaban J connectivity index is 2.05. The van der Waals surface area contributed by atoms with Crippen molar-refractivity contribution in [2.24, 2.45) is 0 Å². The van der Waals surface area contributed by atoms with E-state index in [1.54, 1.807) is 7.11 Å². The third-order valence-corrected chi connectivity index (χ3v) is 6.71. The predicted molar refractivity (Wildman–Crippen MR) is 155 cm³/mol. The third-order valence-electron chi connectivity index (χ3n) is 6.46. The van der Waals surface area contributed by atoms with Crippen molar-refractivity contribution < 1.29 is 14.3 Å². The maximum atomic E-state index is 12.9. The molecular weight excluding hydrogens is 506 g/mol. The molecule has 3 aliphatic rings. The van der Waals surface area contributed by atoms with E-state index in [1.165, 1.54) is 0 Å². The van der Waals surface area contributed by atoms with Gasteiger partial charge < -0.3 is 57.3 Å². The Labute approximate surface area is 233 Å². The summed E-state index contributed by atoms with van der Waals surface area (Å²) in [5.74, 6) is 2.61. The number of carbonyl (C=O) groups excluding carboxylic acids is 1. The minimum absolute atomic E-state index is 0.0212. The number of rotatable bonds is 10. The number of hydrogen-bond acceptors (Lipinski definition) is 10. The molecule has 0 aliphatic carbocycles. The van der Waals surface area contributed by atoms with E-state index in [4.69, 9.17) is 28.1 Å². The molecule has 1 amide bonds. The van der Waals surface area contributed by atoms with Gasteiger partial charge in [-0.05, 0) is 12.2 Å². The van der Waals surface area contributed by atoms with Crippen LogP contribution >= 0.6 is 12.2 Å². The van der Waals surface area contributed by atoms with Crippen LogP contribution in [0.3, 0.4) is 0 Å². The van der Waals surface area contributed by atoms with Crippen molar-refractivity contribution >= 4 is 23.2 Å². The highest BCUT2D eigenvalue weighted by Crippen LogP contribution is 2.06. The molecule has 218 valence electrons. The maximum Gasteiger partial charge on any atom is 0.222 e. The van der Waals surface area contributed by atoms with Crippen LogP contribution in [0.4, 0.5) is 0 Å². The van der Waals surface area contributed by atoms with Crippen molar-refractivity contribution in [3.63, 3.8) is 0 Å². The molecule has 12 nitrogen and oxygen atoms in total. The predicted octanol–water partition coefficient (Wildman–Crippen LogP) is -3.31. The average molecular weight is 556 g/mol. The first-order chi connectivity index (χ1) is 18.5. The summed E-state index contributed by atoms with van der Waals surface area (Å²) in [6.07, 6.45) is 6.31. The molecule has 3 fully saturated rings. The monoisotopic (exact) mass is 555 g/mol. The normalized spacial score (nSPS) is 25.9. The summed E-state index contributed by atoms with van der Waals surface area (Å²) < 4.78 is 10.5. The van der Waals surface area contributed by atoms with Gasteiger partial charge >= 0.3 is 0 Å². The molecule has 3 saturated heterocycles. The first-order valence-corrected chi connectivity index (χ1v) is 14.1. The summed E-state index contributed by atoms with van der Waals surface area (Å²) in [6, 6.07) is 0. The Kier molecular flexibility index (Phi) is 16.7. The lowest BCUT2D eigenvalue weighted by atomic mass is 9.97. The molecule has 3 heterocycles. The molecule has 0 atom stereocenters. The fourth-order valence-electron chi connectivity index (χ4n) is 4.44. The van der Waals surface area contributed by atoms with Gasteiger partial charge in [-0.3, -0.25) is 4.79 Å².